The zero-order valence-electron chi connectivity index (χ0n) is 14.8. The molecule has 1 aliphatic heterocycles. The molecule has 2 amide bonds. The maximum absolute atomic E-state index is 12.4. The summed E-state index contributed by atoms with van der Waals surface area (Å²) in [6.45, 7) is 8.98. The van der Waals surface area contributed by atoms with Gasteiger partial charge in [-0.2, -0.15) is 0 Å². The smallest absolute Gasteiger partial charge is 0.410 e. The van der Waals surface area contributed by atoms with Gasteiger partial charge in [-0.05, 0) is 38.0 Å². The van der Waals surface area contributed by atoms with Gasteiger partial charge in [-0.25, -0.2) is 4.79 Å². The number of ether oxygens (including phenoxy) is 1. The van der Waals surface area contributed by atoms with Gasteiger partial charge < -0.3 is 15.0 Å². The van der Waals surface area contributed by atoms with Crippen LogP contribution in [-0.2, 0) is 16.0 Å². The van der Waals surface area contributed by atoms with Crippen molar-refractivity contribution in [3.05, 3.63) is 29.8 Å². The van der Waals surface area contributed by atoms with Gasteiger partial charge in [0.1, 0.15) is 0 Å². The molecule has 0 aliphatic carbocycles. The molecule has 1 aliphatic rings. The number of hydrogen-bond donors (Lipinski definition) is 2. The summed E-state index contributed by atoms with van der Waals surface area (Å²) in [7, 11) is 0. The monoisotopic (exact) mass is 334 g/mol. The van der Waals surface area contributed by atoms with Crippen molar-refractivity contribution in [2.45, 2.75) is 33.2 Å². The third-order valence-electron chi connectivity index (χ3n) is 4.57. The van der Waals surface area contributed by atoms with Crippen LogP contribution in [0.2, 0.25) is 0 Å². The Balaban J connectivity index is 1.84. The molecule has 0 aromatic heterocycles. The van der Waals surface area contributed by atoms with Gasteiger partial charge in [-0.3, -0.25) is 9.69 Å². The maximum atomic E-state index is 12.4. The molecule has 6 nitrogen and oxygen atoms in total. The lowest BCUT2D eigenvalue weighted by Crippen LogP contribution is -3.19. The molecule has 2 N–H and O–H groups in total. The van der Waals surface area contributed by atoms with Crippen LogP contribution in [0.4, 0.5) is 10.5 Å². The number of amides is 2. The van der Waals surface area contributed by atoms with Gasteiger partial charge in [0.15, 0.2) is 6.04 Å². The van der Waals surface area contributed by atoms with Crippen LogP contribution in [-0.4, -0.2) is 55.7 Å². The minimum Gasteiger partial charge on any atom is -0.450 e. The molecule has 0 spiro atoms. The third-order valence-corrected chi connectivity index (χ3v) is 4.57. The van der Waals surface area contributed by atoms with Crippen LogP contribution >= 0.6 is 0 Å². The van der Waals surface area contributed by atoms with Crippen LogP contribution in [0.1, 0.15) is 26.3 Å². The average molecular weight is 334 g/mol. The number of quaternary nitrogens is 1. The summed E-state index contributed by atoms with van der Waals surface area (Å²) in [6, 6.07) is 7.80. The quantitative estimate of drug-likeness (QED) is 0.842. The molecule has 1 aromatic carbocycles. The van der Waals surface area contributed by atoms with E-state index >= 15 is 0 Å². The van der Waals surface area contributed by atoms with Crippen molar-refractivity contribution >= 4 is 17.7 Å². The second kappa shape index (κ2) is 8.68. The van der Waals surface area contributed by atoms with E-state index in [4.69, 9.17) is 4.74 Å². The Morgan fingerprint density at radius 3 is 2.38 bits per heavy atom. The zero-order valence-corrected chi connectivity index (χ0v) is 14.8. The summed E-state index contributed by atoms with van der Waals surface area (Å²) in [5.74, 6) is 0.0128. The molecule has 1 atom stereocenters. The lowest BCUT2D eigenvalue weighted by atomic mass is 10.1. The van der Waals surface area contributed by atoms with Crippen LogP contribution in [0.5, 0.6) is 0 Å². The normalized spacial score (nSPS) is 16.5. The predicted octanol–water partition coefficient (Wildman–Crippen LogP) is 0.933. The van der Waals surface area contributed by atoms with Crippen molar-refractivity contribution in [2.75, 3.05) is 38.1 Å². The van der Waals surface area contributed by atoms with Crippen LogP contribution in [0.3, 0.4) is 0 Å². The maximum Gasteiger partial charge on any atom is 0.410 e. The fourth-order valence-electron chi connectivity index (χ4n) is 2.88. The van der Waals surface area contributed by atoms with E-state index in [1.165, 1.54) is 10.5 Å². The molecule has 6 heteroatoms. The minimum absolute atomic E-state index is 0.0128. The molecule has 0 bridgehead atoms. The molecule has 24 heavy (non-hydrogen) atoms. The topological polar surface area (TPSA) is 63.1 Å². The summed E-state index contributed by atoms with van der Waals surface area (Å²) in [5, 5.41) is 2.98. The van der Waals surface area contributed by atoms with E-state index < -0.39 is 0 Å². The highest BCUT2D eigenvalue weighted by atomic mass is 16.6. The number of rotatable bonds is 5. The van der Waals surface area contributed by atoms with Crippen molar-refractivity contribution in [2.24, 2.45) is 0 Å². The highest BCUT2D eigenvalue weighted by molar-refractivity contribution is 5.93. The number of nitrogens with one attached hydrogen (secondary N) is 2. The predicted molar refractivity (Wildman–Crippen MR) is 93.2 cm³/mol. The molecule has 1 heterocycles. The van der Waals surface area contributed by atoms with E-state index in [1.807, 2.05) is 31.2 Å². The summed E-state index contributed by atoms with van der Waals surface area (Å²) >= 11 is 0. The van der Waals surface area contributed by atoms with Gasteiger partial charge in [0, 0.05) is 5.69 Å². The van der Waals surface area contributed by atoms with E-state index in [0.717, 1.165) is 25.2 Å². The lowest BCUT2D eigenvalue weighted by molar-refractivity contribution is -0.917. The van der Waals surface area contributed by atoms with Crippen LogP contribution < -0.4 is 10.2 Å². The van der Waals surface area contributed by atoms with E-state index in [2.05, 4.69) is 12.2 Å². The SMILES string of the molecule is CCOC(=O)N1CC[NH+]([C@H](C)C(=O)Nc2ccc(CC)cc2)CC1. The van der Waals surface area contributed by atoms with E-state index in [9.17, 15) is 9.59 Å². The number of carbonyl (C=O) groups is 2. The number of aryl methyl sites for hydroxylation is 1. The van der Waals surface area contributed by atoms with Gasteiger partial charge in [0.25, 0.3) is 5.91 Å². The summed E-state index contributed by atoms with van der Waals surface area (Å²) < 4.78 is 5.02. The summed E-state index contributed by atoms with van der Waals surface area (Å²) in [5.41, 5.74) is 2.08. The number of hydrogen-bond acceptors (Lipinski definition) is 3. The average Bonchev–Trinajstić information content (AvgIpc) is 2.62. The Kier molecular flexibility index (Phi) is 6.61. The van der Waals surface area contributed by atoms with Crippen LogP contribution in [0.25, 0.3) is 0 Å². The van der Waals surface area contributed by atoms with Gasteiger partial charge in [0.2, 0.25) is 0 Å². The summed E-state index contributed by atoms with van der Waals surface area (Å²) in [6.07, 6.45) is 0.726. The van der Waals surface area contributed by atoms with Crippen molar-refractivity contribution < 1.29 is 19.2 Å². The molecular formula is C18H28N3O3+. The minimum atomic E-state index is -0.260. The van der Waals surface area contributed by atoms with E-state index in [0.29, 0.717) is 19.7 Å². The summed E-state index contributed by atoms with van der Waals surface area (Å²) in [4.78, 5) is 27.1. The number of anilines is 1. The molecular weight excluding hydrogens is 306 g/mol. The molecule has 1 aromatic rings. The van der Waals surface area contributed by atoms with Gasteiger partial charge >= 0.3 is 6.09 Å². The van der Waals surface area contributed by atoms with Crippen molar-refractivity contribution in [1.82, 2.24) is 4.90 Å². The third kappa shape index (κ3) is 4.71. The van der Waals surface area contributed by atoms with Gasteiger partial charge in [-0.15, -0.1) is 0 Å². The molecule has 132 valence electrons. The molecule has 2 rings (SSSR count). The second-order valence-electron chi connectivity index (χ2n) is 6.11. The first-order valence-corrected chi connectivity index (χ1v) is 8.71. The van der Waals surface area contributed by atoms with Crippen molar-refractivity contribution in [3.63, 3.8) is 0 Å². The first-order valence-electron chi connectivity index (χ1n) is 8.71. The highest BCUT2D eigenvalue weighted by Gasteiger charge is 2.31. The van der Waals surface area contributed by atoms with E-state index in [1.54, 1.807) is 11.8 Å². The Labute approximate surface area is 143 Å². The number of nitrogens with zero attached hydrogens (tertiary/aromatic N) is 1. The van der Waals surface area contributed by atoms with Crippen LogP contribution in [0, 0.1) is 0 Å². The van der Waals surface area contributed by atoms with E-state index in [-0.39, 0.29) is 18.0 Å². The lowest BCUT2D eigenvalue weighted by Gasteiger charge is -2.34. The molecule has 1 saturated heterocycles. The number of piperazine rings is 1. The first-order chi connectivity index (χ1) is 11.5. The number of benzene rings is 1. The molecule has 0 unspecified atom stereocenters. The fourth-order valence-corrected chi connectivity index (χ4v) is 2.88. The van der Waals surface area contributed by atoms with Crippen molar-refractivity contribution in [3.8, 4) is 0 Å². The molecule has 0 radical (unpaired) electrons. The highest BCUT2D eigenvalue weighted by Crippen LogP contribution is 2.10. The van der Waals surface area contributed by atoms with Crippen molar-refractivity contribution in [1.29, 1.82) is 0 Å². The Morgan fingerprint density at radius 2 is 1.83 bits per heavy atom. The van der Waals surface area contributed by atoms with Crippen LogP contribution in [0.15, 0.2) is 24.3 Å². The standard InChI is InChI=1S/C18H27N3O3/c1-4-15-6-8-16(9-7-15)19-17(22)14(3)20-10-12-21(13-11-20)18(23)24-5-2/h6-9,14H,4-5,10-13H2,1-3H3,(H,19,22)/p+1/t14-/m1/s1. The largest absolute Gasteiger partial charge is 0.450 e. The molecule has 1 fully saturated rings. The second-order valence-corrected chi connectivity index (χ2v) is 6.11. The van der Waals surface area contributed by atoms with Gasteiger partial charge in [0.05, 0.1) is 32.8 Å². The first kappa shape index (κ1) is 18.3. The molecule has 0 saturated carbocycles. The van der Waals surface area contributed by atoms with Gasteiger partial charge in [-0.1, -0.05) is 19.1 Å². The Hall–Kier alpha value is -2.08. The Bertz CT molecular complexity index is 551. The Morgan fingerprint density at radius 1 is 1.21 bits per heavy atom. The number of carbonyl (C=O) groups excluding carboxylic acids is 2. The zero-order chi connectivity index (χ0) is 17.5. The fraction of sp³-hybridized carbons (Fsp3) is 0.556.